The van der Waals surface area contributed by atoms with Crippen LogP contribution in [0.15, 0.2) is 182 Å². The van der Waals surface area contributed by atoms with E-state index in [1.807, 2.05) is 182 Å². The van der Waals surface area contributed by atoms with Crippen molar-refractivity contribution >= 4 is 5.78 Å². The number of rotatable bonds is 0. The van der Waals surface area contributed by atoms with Gasteiger partial charge >= 0.3 is 0 Å². The van der Waals surface area contributed by atoms with Crippen molar-refractivity contribution in [2.45, 2.75) is 11.2 Å². The Labute approximate surface area is 360 Å². The van der Waals surface area contributed by atoms with Crippen molar-refractivity contribution in [3.63, 3.8) is 0 Å². The third-order valence-electron chi connectivity index (χ3n) is 11.9. The molecular weight excluding hydrogens is 757 g/mol. The fourth-order valence-electron chi connectivity index (χ4n) is 9.14. The average molecular weight is 789 g/mol. The SMILES string of the molecule is O=C1c2ccccc2-c2c1c1c(c3c2[C@@](O)(C#Cc2ccccc2C#Cc2ccccc2)c2ccccc2-3)[C@@](O)(C#Cc2ccccc2C#Cc2ccccc2)c2ccccc2-1. The number of carbonyl (C=O) groups excluding carboxylic acids is 1. The third-order valence-corrected chi connectivity index (χ3v) is 11.9. The Morgan fingerprint density at radius 3 is 1.16 bits per heavy atom. The summed E-state index contributed by atoms with van der Waals surface area (Å²) < 4.78 is 0. The van der Waals surface area contributed by atoms with Gasteiger partial charge in [0.25, 0.3) is 0 Å². The second-order valence-corrected chi connectivity index (χ2v) is 15.5. The first-order chi connectivity index (χ1) is 30.4. The predicted molar refractivity (Wildman–Crippen MR) is 244 cm³/mol. The Bertz CT molecular complexity index is 3330. The molecule has 2 atom stereocenters. The van der Waals surface area contributed by atoms with Crippen LogP contribution in [-0.2, 0) is 11.2 Å². The van der Waals surface area contributed by atoms with Crippen LogP contribution >= 0.6 is 0 Å². The molecule has 3 nitrogen and oxygen atoms in total. The molecule has 8 aromatic carbocycles. The molecule has 0 radical (unpaired) electrons. The topological polar surface area (TPSA) is 57.5 Å². The maximum atomic E-state index is 14.9. The molecule has 11 rings (SSSR count). The van der Waals surface area contributed by atoms with Gasteiger partial charge < -0.3 is 10.2 Å². The number of hydrogen-bond acceptors (Lipinski definition) is 3. The zero-order valence-electron chi connectivity index (χ0n) is 33.1. The van der Waals surface area contributed by atoms with Crippen LogP contribution in [0.2, 0.25) is 0 Å². The minimum atomic E-state index is -1.91. The third kappa shape index (κ3) is 5.67. The second-order valence-electron chi connectivity index (χ2n) is 15.5. The summed E-state index contributed by atoms with van der Waals surface area (Å²) >= 11 is 0. The molecular formula is C59H32O3. The second kappa shape index (κ2) is 14.4. The van der Waals surface area contributed by atoms with Crippen LogP contribution in [-0.4, -0.2) is 16.0 Å². The van der Waals surface area contributed by atoms with Crippen LogP contribution in [0.4, 0.5) is 0 Å². The zero-order chi connectivity index (χ0) is 41.8. The molecule has 0 aromatic heterocycles. The van der Waals surface area contributed by atoms with E-state index in [9.17, 15) is 15.0 Å². The van der Waals surface area contributed by atoms with Gasteiger partial charge in [-0.1, -0.05) is 181 Å². The Hall–Kier alpha value is -8.41. The summed E-state index contributed by atoms with van der Waals surface area (Å²) in [6.07, 6.45) is 0. The van der Waals surface area contributed by atoms with E-state index in [0.29, 0.717) is 89.0 Å². The summed E-state index contributed by atoms with van der Waals surface area (Å²) in [6.45, 7) is 0. The number of ketones is 1. The van der Waals surface area contributed by atoms with Crippen molar-refractivity contribution in [3.8, 4) is 80.7 Å². The molecule has 2 N–H and O–H groups in total. The van der Waals surface area contributed by atoms with Crippen LogP contribution in [0.25, 0.3) is 33.4 Å². The molecule has 3 heteroatoms. The highest BCUT2D eigenvalue weighted by Crippen LogP contribution is 2.63. The van der Waals surface area contributed by atoms with Gasteiger partial charge in [0.05, 0.1) is 0 Å². The highest BCUT2D eigenvalue weighted by molar-refractivity contribution is 6.27. The van der Waals surface area contributed by atoms with Crippen molar-refractivity contribution in [2.75, 3.05) is 0 Å². The van der Waals surface area contributed by atoms with Gasteiger partial charge in [-0.3, -0.25) is 4.79 Å². The number of fused-ring (bicyclic) bond motifs is 12. The summed E-state index contributed by atoms with van der Waals surface area (Å²) in [5, 5.41) is 27.0. The number of aliphatic hydroxyl groups is 2. The first-order valence-electron chi connectivity index (χ1n) is 20.4. The molecule has 0 unspecified atom stereocenters. The Morgan fingerprint density at radius 1 is 0.323 bits per heavy atom. The van der Waals surface area contributed by atoms with Gasteiger partial charge in [0.15, 0.2) is 17.0 Å². The summed E-state index contributed by atoms with van der Waals surface area (Å²) in [7, 11) is 0. The summed E-state index contributed by atoms with van der Waals surface area (Å²) in [4.78, 5) is 14.9. The van der Waals surface area contributed by atoms with Gasteiger partial charge in [-0.25, -0.2) is 0 Å². The number of hydrogen-bond donors (Lipinski definition) is 2. The van der Waals surface area contributed by atoms with Gasteiger partial charge in [0.2, 0.25) is 0 Å². The molecule has 3 aliphatic rings. The van der Waals surface area contributed by atoms with Crippen LogP contribution in [0.5, 0.6) is 0 Å². The highest BCUT2D eigenvalue weighted by Gasteiger charge is 2.54. The fraction of sp³-hybridized carbons (Fsp3) is 0.0339. The molecule has 3 aliphatic carbocycles. The molecule has 0 saturated heterocycles. The standard InChI is InChI=1S/C59H32O3/c60-57-46-26-12-11-25-45(46)51-54(57)52-47-27-13-15-29-49(47)58(61,37-35-43-23-9-7-21-41(43)33-31-39-17-3-1-4-18-39)56(52)53-48-28-14-16-30-50(48)59(62,55(51)53)38-36-44-24-10-8-22-42(44)34-32-40-19-5-2-6-20-40/h1-30,61-62H/t58-,59-/m1/s1. The van der Waals surface area contributed by atoms with Gasteiger partial charge in [-0.15, -0.1) is 0 Å². The summed E-state index contributed by atoms with van der Waals surface area (Å²) in [5.74, 6) is 26.2. The van der Waals surface area contributed by atoms with Crippen LogP contribution in [0.3, 0.4) is 0 Å². The van der Waals surface area contributed by atoms with E-state index in [1.54, 1.807) is 0 Å². The van der Waals surface area contributed by atoms with E-state index in [-0.39, 0.29) is 5.78 Å². The fourth-order valence-corrected chi connectivity index (χ4v) is 9.14. The van der Waals surface area contributed by atoms with E-state index in [4.69, 9.17) is 0 Å². The van der Waals surface area contributed by atoms with E-state index in [2.05, 4.69) is 47.4 Å². The Kier molecular flexibility index (Phi) is 8.51. The first-order valence-corrected chi connectivity index (χ1v) is 20.4. The average Bonchev–Trinajstić information content (AvgIpc) is 3.87. The van der Waals surface area contributed by atoms with Crippen LogP contribution in [0.1, 0.15) is 71.6 Å². The quantitative estimate of drug-likeness (QED) is 0.151. The molecule has 0 saturated carbocycles. The van der Waals surface area contributed by atoms with Crippen LogP contribution < -0.4 is 0 Å². The van der Waals surface area contributed by atoms with Gasteiger partial charge in [0, 0.05) is 77.9 Å². The van der Waals surface area contributed by atoms with Crippen molar-refractivity contribution in [3.05, 3.63) is 249 Å². The lowest BCUT2D eigenvalue weighted by molar-refractivity contribution is 0.104. The molecule has 0 amide bonds. The normalized spacial score (nSPS) is 16.5. The smallest absolute Gasteiger partial charge is 0.194 e. The van der Waals surface area contributed by atoms with Crippen molar-refractivity contribution in [1.29, 1.82) is 0 Å². The van der Waals surface area contributed by atoms with Crippen LogP contribution in [0, 0.1) is 47.4 Å². The molecule has 0 fully saturated rings. The molecule has 0 aliphatic heterocycles. The maximum absolute atomic E-state index is 14.9. The highest BCUT2D eigenvalue weighted by atomic mass is 16.3. The van der Waals surface area contributed by atoms with Gasteiger partial charge in [-0.05, 0) is 70.8 Å². The van der Waals surface area contributed by atoms with Crippen molar-refractivity contribution in [1.82, 2.24) is 0 Å². The predicted octanol–water partition coefficient (Wildman–Crippen LogP) is 10.2. The number of carbonyl (C=O) groups is 1. The van der Waals surface area contributed by atoms with Crippen molar-refractivity contribution < 1.29 is 15.0 Å². The minimum absolute atomic E-state index is 0.184. The lowest BCUT2D eigenvalue weighted by atomic mass is 9.79. The summed E-state index contributed by atoms with van der Waals surface area (Å²) in [6, 6.07) is 57.5. The molecule has 0 spiro atoms. The van der Waals surface area contributed by atoms with Crippen molar-refractivity contribution in [2.24, 2.45) is 0 Å². The lowest BCUT2D eigenvalue weighted by Crippen LogP contribution is -2.26. The molecule has 286 valence electrons. The number of benzene rings is 8. The first kappa shape index (κ1) is 36.7. The molecule has 0 bridgehead atoms. The van der Waals surface area contributed by atoms with E-state index < -0.39 is 11.2 Å². The van der Waals surface area contributed by atoms with Gasteiger partial charge in [-0.2, -0.15) is 0 Å². The maximum Gasteiger partial charge on any atom is 0.194 e. The lowest BCUT2D eigenvalue weighted by Gasteiger charge is -2.26. The summed E-state index contributed by atoms with van der Waals surface area (Å²) in [5.41, 5.74) is 7.55. The molecule has 62 heavy (non-hydrogen) atoms. The molecule has 0 heterocycles. The van der Waals surface area contributed by atoms with E-state index in [0.717, 1.165) is 11.1 Å². The van der Waals surface area contributed by atoms with E-state index >= 15 is 0 Å². The minimum Gasteiger partial charge on any atom is -0.369 e. The zero-order valence-corrected chi connectivity index (χ0v) is 33.1. The monoisotopic (exact) mass is 788 g/mol. The Morgan fingerprint density at radius 2 is 0.677 bits per heavy atom. The Balaban J connectivity index is 1.18. The van der Waals surface area contributed by atoms with E-state index in [1.165, 1.54) is 0 Å². The largest absolute Gasteiger partial charge is 0.369 e. The molecule has 8 aromatic rings. The van der Waals surface area contributed by atoms with Gasteiger partial charge in [0.1, 0.15) is 0 Å².